The predicted molar refractivity (Wildman–Crippen MR) is 44.1 cm³/mol. The SMILES string of the molecule is C=Cc1c(F)ccc(F)c1Br. The molecule has 1 aromatic rings. The van der Waals surface area contributed by atoms with Gasteiger partial charge in [0.2, 0.25) is 0 Å². The van der Waals surface area contributed by atoms with Crippen LogP contribution in [0.1, 0.15) is 5.56 Å². The average molecular weight is 219 g/mol. The van der Waals surface area contributed by atoms with Gasteiger partial charge in [-0.2, -0.15) is 0 Å². The Morgan fingerprint density at radius 2 is 1.82 bits per heavy atom. The van der Waals surface area contributed by atoms with Crippen molar-refractivity contribution in [2.45, 2.75) is 0 Å². The van der Waals surface area contributed by atoms with Gasteiger partial charge in [0.15, 0.2) is 0 Å². The highest BCUT2D eigenvalue weighted by Crippen LogP contribution is 2.23. The molecular weight excluding hydrogens is 214 g/mol. The molecule has 0 saturated carbocycles. The summed E-state index contributed by atoms with van der Waals surface area (Å²) in [5.41, 5.74) is 0.157. The van der Waals surface area contributed by atoms with Gasteiger partial charge < -0.3 is 0 Å². The summed E-state index contributed by atoms with van der Waals surface area (Å²) in [5, 5.41) is 0. The van der Waals surface area contributed by atoms with Gasteiger partial charge in [0.25, 0.3) is 0 Å². The molecular formula is C8H5BrF2. The van der Waals surface area contributed by atoms with Gasteiger partial charge in [0, 0.05) is 5.56 Å². The second-order valence-electron chi connectivity index (χ2n) is 1.96. The molecule has 11 heavy (non-hydrogen) atoms. The van der Waals surface area contributed by atoms with Crippen LogP contribution in [0.25, 0.3) is 6.08 Å². The van der Waals surface area contributed by atoms with Gasteiger partial charge in [-0.05, 0) is 28.1 Å². The van der Waals surface area contributed by atoms with Gasteiger partial charge in [-0.1, -0.05) is 12.7 Å². The molecule has 0 bridgehead atoms. The zero-order valence-electron chi connectivity index (χ0n) is 5.57. The Kier molecular flexibility index (Phi) is 2.39. The van der Waals surface area contributed by atoms with Gasteiger partial charge in [-0.25, -0.2) is 8.78 Å². The highest BCUT2D eigenvalue weighted by atomic mass is 79.9. The van der Waals surface area contributed by atoms with Crippen LogP contribution in [-0.4, -0.2) is 0 Å². The minimum absolute atomic E-state index is 0.118. The van der Waals surface area contributed by atoms with Crippen molar-refractivity contribution in [3.63, 3.8) is 0 Å². The first-order chi connectivity index (χ1) is 5.16. The second-order valence-corrected chi connectivity index (χ2v) is 2.75. The first-order valence-electron chi connectivity index (χ1n) is 2.92. The number of hydrogen-bond acceptors (Lipinski definition) is 0. The highest BCUT2D eigenvalue weighted by Gasteiger charge is 2.07. The predicted octanol–water partition coefficient (Wildman–Crippen LogP) is 3.37. The third kappa shape index (κ3) is 1.48. The molecule has 0 unspecified atom stereocenters. The highest BCUT2D eigenvalue weighted by molar-refractivity contribution is 9.10. The van der Waals surface area contributed by atoms with Crippen molar-refractivity contribution in [1.82, 2.24) is 0 Å². The molecule has 0 fully saturated rings. The fourth-order valence-electron chi connectivity index (χ4n) is 0.730. The van der Waals surface area contributed by atoms with E-state index < -0.39 is 11.6 Å². The molecule has 0 aliphatic heterocycles. The van der Waals surface area contributed by atoms with E-state index in [0.29, 0.717) is 0 Å². The fourth-order valence-corrected chi connectivity index (χ4v) is 1.21. The molecule has 0 spiro atoms. The summed E-state index contributed by atoms with van der Waals surface area (Å²) >= 11 is 2.90. The Bertz CT molecular complexity index is 294. The van der Waals surface area contributed by atoms with Gasteiger partial charge in [-0.3, -0.25) is 0 Å². The molecule has 0 N–H and O–H groups in total. The summed E-state index contributed by atoms with van der Waals surface area (Å²) in [6.07, 6.45) is 1.27. The van der Waals surface area contributed by atoms with E-state index in [-0.39, 0.29) is 10.0 Å². The third-order valence-electron chi connectivity index (χ3n) is 1.28. The minimum Gasteiger partial charge on any atom is -0.206 e. The average Bonchev–Trinajstić information content (AvgIpc) is 1.99. The van der Waals surface area contributed by atoms with Crippen molar-refractivity contribution < 1.29 is 8.78 Å². The van der Waals surface area contributed by atoms with Gasteiger partial charge in [0.05, 0.1) is 4.47 Å². The monoisotopic (exact) mass is 218 g/mol. The van der Waals surface area contributed by atoms with Gasteiger partial charge in [-0.15, -0.1) is 0 Å². The first-order valence-corrected chi connectivity index (χ1v) is 3.72. The maximum absolute atomic E-state index is 12.8. The quantitative estimate of drug-likeness (QED) is 0.635. The molecule has 0 aromatic heterocycles. The van der Waals surface area contributed by atoms with Crippen LogP contribution in [0.5, 0.6) is 0 Å². The standard InChI is InChI=1S/C8H5BrF2/c1-2-5-6(10)3-4-7(11)8(5)9/h2-4H,1H2. The van der Waals surface area contributed by atoms with Crippen molar-refractivity contribution in [1.29, 1.82) is 0 Å². The summed E-state index contributed by atoms with van der Waals surface area (Å²) < 4.78 is 25.6. The normalized spacial score (nSPS) is 9.73. The van der Waals surface area contributed by atoms with Crippen molar-refractivity contribution in [3.05, 3.63) is 40.4 Å². The van der Waals surface area contributed by atoms with E-state index in [4.69, 9.17) is 0 Å². The third-order valence-corrected chi connectivity index (χ3v) is 2.09. The Morgan fingerprint density at radius 3 is 2.27 bits per heavy atom. The van der Waals surface area contributed by atoms with Gasteiger partial charge in [0.1, 0.15) is 11.6 Å². The zero-order valence-corrected chi connectivity index (χ0v) is 7.16. The van der Waals surface area contributed by atoms with Crippen LogP contribution in [0.4, 0.5) is 8.78 Å². The maximum atomic E-state index is 12.8. The Labute approximate surface area is 71.7 Å². The molecule has 3 heteroatoms. The summed E-state index contributed by atoms with van der Waals surface area (Å²) in [4.78, 5) is 0. The molecule has 0 aliphatic carbocycles. The van der Waals surface area contributed by atoms with Crippen LogP contribution in [0.3, 0.4) is 0 Å². The smallest absolute Gasteiger partial charge is 0.138 e. The lowest BCUT2D eigenvalue weighted by molar-refractivity contribution is 0.592. The van der Waals surface area contributed by atoms with E-state index in [2.05, 4.69) is 22.5 Å². The van der Waals surface area contributed by atoms with Crippen LogP contribution < -0.4 is 0 Å². The topological polar surface area (TPSA) is 0 Å². The van der Waals surface area contributed by atoms with Gasteiger partial charge >= 0.3 is 0 Å². The Hall–Kier alpha value is -0.700. The summed E-state index contributed by atoms with van der Waals surface area (Å²) in [6.45, 7) is 3.36. The number of benzene rings is 1. The molecule has 0 nitrogen and oxygen atoms in total. The zero-order chi connectivity index (χ0) is 8.43. The van der Waals surface area contributed by atoms with Crippen molar-refractivity contribution in [2.75, 3.05) is 0 Å². The molecule has 0 radical (unpaired) electrons. The maximum Gasteiger partial charge on any atom is 0.138 e. The fraction of sp³-hybridized carbons (Fsp3) is 0. The minimum atomic E-state index is -0.485. The lowest BCUT2D eigenvalue weighted by Gasteiger charge is -2.00. The molecule has 0 heterocycles. The Morgan fingerprint density at radius 1 is 1.27 bits per heavy atom. The van der Waals surface area contributed by atoms with E-state index in [1.54, 1.807) is 0 Å². The van der Waals surface area contributed by atoms with E-state index in [1.165, 1.54) is 6.08 Å². The number of halogens is 3. The van der Waals surface area contributed by atoms with Crippen LogP contribution in [-0.2, 0) is 0 Å². The molecule has 58 valence electrons. The lowest BCUT2D eigenvalue weighted by atomic mass is 10.2. The summed E-state index contributed by atoms with van der Waals surface area (Å²) in [5.74, 6) is -0.963. The Balaban J connectivity index is 3.40. The van der Waals surface area contributed by atoms with Crippen LogP contribution in [0, 0.1) is 11.6 Å². The molecule has 0 saturated heterocycles. The summed E-state index contributed by atoms with van der Waals surface area (Å²) in [6, 6.07) is 2.13. The van der Waals surface area contributed by atoms with E-state index >= 15 is 0 Å². The first kappa shape index (κ1) is 8.40. The lowest BCUT2D eigenvalue weighted by Crippen LogP contribution is -1.87. The number of rotatable bonds is 1. The van der Waals surface area contributed by atoms with Crippen LogP contribution in [0.2, 0.25) is 0 Å². The molecule has 1 aromatic carbocycles. The van der Waals surface area contributed by atoms with E-state index in [1.807, 2.05) is 0 Å². The van der Waals surface area contributed by atoms with E-state index in [0.717, 1.165) is 12.1 Å². The van der Waals surface area contributed by atoms with Crippen molar-refractivity contribution >= 4 is 22.0 Å². The van der Waals surface area contributed by atoms with Crippen LogP contribution in [0.15, 0.2) is 23.2 Å². The number of hydrogen-bond donors (Lipinski definition) is 0. The van der Waals surface area contributed by atoms with E-state index in [9.17, 15) is 8.78 Å². The summed E-state index contributed by atoms with van der Waals surface area (Å²) in [7, 11) is 0. The molecule has 0 atom stereocenters. The van der Waals surface area contributed by atoms with Crippen LogP contribution >= 0.6 is 15.9 Å². The second kappa shape index (κ2) is 3.13. The molecule has 0 aliphatic rings. The largest absolute Gasteiger partial charge is 0.206 e. The van der Waals surface area contributed by atoms with Crippen molar-refractivity contribution in [2.24, 2.45) is 0 Å². The molecule has 1 rings (SSSR count). The molecule has 0 amide bonds. The van der Waals surface area contributed by atoms with Crippen molar-refractivity contribution in [3.8, 4) is 0 Å².